The molecule has 2 aromatic carbocycles. The maximum absolute atomic E-state index is 12.6. The number of sulfonamides is 1. The molecule has 7 heteroatoms. The molecule has 0 fully saturated rings. The summed E-state index contributed by atoms with van der Waals surface area (Å²) in [6, 6.07) is 12.7. The van der Waals surface area contributed by atoms with Crippen LogP contribution in [0.5, 0.6) is 5.75 Å². The average Bonchev–Trinajstić information content (AvgIpc) is 2.61. The van der Waals surface area contributed by atoms with Crippen LogP contribution in [0, 0.1) is 5.92 Å². The molecule has 0 heterocycles. The Morgan fingerprint density at radius 1 is 1.15 bits per heavy atom. The third kappa shape index (κ3) is 5.72. The number of nitrogens with zero attached hydrogens (tertiary/aromatic N) is 1. The molecular formula is C20H26N2O4S. The number of rotatable bonds is 8. The Morgan fingerprint density at radius 2 is 1.81 bits per heavy atom. The van der Waals surface area contributed by atoms with Crippen LogP contribution in [-0.4, -0.2) is 39.4 Å². The number of carbonyl (C=O) groups excluding carboxylic acids is 1. The molecule has 0 aliphatic heterocycles. The van der Waals surface area contributed by atoms with Crippen LogP contribution in [-0.2, 0) is 10.0 Å². The molecule has 2 aromatic rings. The third-order valence-corrected chi connectivity index (χ3v) is 5.19. The highest BCUT2D eigenvalue weighted by molar-refractivity contribution is 7.92. The first-order valence-electron chi connectivity index (χ1n) is 8.84. The van der Waals surface area contributed by atoms with Crippen LogP contribution in [0.15, 0.2) is 53.4 Å². The number of benzene rings is 2. The zero-order valence-electron chi connectivity index (χ0n) is 16.1. The van der Waals surface area contributed by atoms with E-state index in [4.69, 9.17) is 4.74 Å². The van der Waals surface area contributed by atoms with E-state index in [9.17, 15) is 13.2 Å². The van der Waals surface area contributed by atoms with Gasteiger partial charge in [0.25, 0.3) is 15.9 Å². The summed E-state index contributed by atoms with van der Waals surface area (Å²) in [6.07, 6.45) is 0. The quantitative estimate of drug-likeness (QED) is 0.747. The highest BCUT2D eigenvalue weighted by atomic mass is 32.2. The van der Waals surface area contributed by atoms with Crippen molar-refractivity contribution in [2.75, 3.05) is 24.9 Å². The van der Waals surface area contributed by atoms with E-state index in [0.29, 0.717) is 36.1 Å². The summed E-state index contributed by atoms with van der Waals surface area (Å²) >= 11 is 0. The molecule has 0 saturated carbocycles. The van der Waals surface area contributed by atoms with Crippen molar-refractivity contribution in [3.63, 3.8) is 0 Å². The molecule has 0 radical (unpaired) electrons. The van der Waals surface area contributed by atoms with Gasteiger partial charge in [0.2, 0.25) is 0 Å². The Balaban J connectivity index is 2.18. The fraction of sp³-hybridized carbons (Fsp3) is 0.350. The zero-order chi connectivity index (χ0) is 20.0. The van der Waals surface area contributed by atoms with E-state index < -0.39 is 10.0 Å². The molecule has 0 bridgehead atoms. The molecule has 0 spiro atoms. The Bertz CT molecular complexity index is 877. The molecule has 0 atom stereocenters. The van der Waals surface area contributed by atoms with E-state index in [1.165, 1.54) is 12.1 Å². The topological polar surface area (TPSA) is 75.7 Å². The lowest BCUT2D eigenvalue weighted by Crippen LogP contribution is -2.30. The smallest absolute Gasteiger partial charge is 0.261 e. The van der Waals surface area contributed by atoms with Gasteiger partial charge in [-0.25, -0.2) is 8.42 Å². The number of amides is 1. The van der Waals surface area contributed by atoms with Crippen LogP contribution >= 0.6 is 0 Å². The predicted molar refractivity (Wildman–Crippen MR) is 107 cm³/mol. The van der Waals surface area contributed by atoms with Crippen molar-refractivity contribution in [3.8, 4) is 5.75 Å². The van der Waals surface area contributed by atoms with E-state index in [1.54, 1.807) is 48.3 Å². The average molecular weight is 391 g/mol. The van der Waals surface area contributed by atoms with Crippen LogP contribution in [0.2, 0.25) is 0 Å². The molecule has 146 valence electrons. The van der Waals surface area contributed by atoms with E-state index in [0.717, 1.165) is 0 Å². The summed E-state index contributed by atoms with van der Waals surface area (Å²) in [4.78, 5) is 14.3. The van der Waals surface area contributed by atoms with Gasteiger partial charge in [-0.15, -0.1) is 0 Å². The number of carbonyl (C=O) groups is 1. The fourth-order valence-corrected chi connectivity index (χ4v) is 3.71. The first kappa shape index (κ1) is 20.8. The van der Waals surface area contributed by atoms with Crippen LogP contribution < -0.4 is 9.46 Å². The maximum Gasteiger partial charge on any atom is 0.261 e. The summed E-state index contributed by atoms with van der Waals surface area (Å²) in [7, 11) is -2.02. The molecule has 0 aliphatic rings. The minimum Gasteiger partial charge on any atom is -0.494 e. The molecule has 27 heavy (non-hydrogen) atoms. The van der Waals surface area contributed by atoms with Gasteiger partial charge in [0, 0.05) is 24.8 Å². The number of hydrogen-bond donors (Lipinski definition) is 1. The molecular weight excluding hydrogens is 364 g/mol. The molecule has 1 N–H and O–H groups in total. The van der Waals surface area contributed by atoms with Crippen molar-refractivity contribution >= 4 is 21.6 Å². The van der Waals surface area contributed by atoms with Gasteiger partial charge in [-0.3, -0.25) is 9.52 Å². The van der Waals surface area contributed by atoms with Gasteiger partial charge >= 0.3 is 0 Å². The normalized spacial score (nSPS) is 11.3. The highest BCUT2D eigenvalue weighted by Crippen LogP contribution is 2.20. The molecule has 1 amide bonds. The monoisotopic (exact) mass is 390 g/mol. The van der Waals surface area contributed by atoms with Crippen molar-refractivity contribution in [2.24, 2.45) is 5.92 Å². The SMILES string of the molecule is CCOc1ccc(S(=O)(=O)Nc2cccc(C(=O)N(C)CC(C)C)c2)cc1. The Morgan fingerprint density at radius 3 is 2.41 bits per heavy atom. The van der Waals surface area contributed by atoms with Crippen LogP contribution in [0.1, 0.15) is 31.1 Å². The molecule has 0 unspecified atom stereocenters. The van der Waals surface area contributed by atoms with Crippen molar-refractivity contribution < 1.29 is 17.9 Å². The van der Waals surface area contributed by atoms with Crippen molar-refractivity contribution in [1.29, 1.82) is 0 Å². The van der Waals surface area contributed by atoms with E-state index in [1.807, 2.05) is 20.8 Å². The predicted octanol–water partition coefficient (Wildman–Crippen LogP) is 3.61. The first-order valence-corrected chi connectivity index (χ1v) is 10.3. The van der Waals surface area contributed by atoms with Gasteiger partial charge in [0.15, 0.2) is 0 Å². The fourth-order valence-electron chi connectivity index (χ4n) is 2.66. The van der Waals surface area contributed by atoms with Gasteiger partial charge in [0.1, 0.15) is 5.75 Å². The first-order chi connectivity index (χ1) is 12.7. The second kappa shape index (κ2) is 8.90. The summed E-state index contributed by atoms with van der Waals surface area (Å²) in [5, 5.41) is 0. The standard InChI is InChI=1S/C20H26N2O4S/c1-5-26-18-9-11-19(12-10-18)27(24,25)21-17-8-6-7-16(13-17)20(23)22(4)14-15(2)3/h6-13,15,21H,5,14H2,1-4H3. The van der Waals surface area contributed by atoms with Crippen molar-refractivity contribution in [3.05, 3.63) is 54.1 Å². The molecule has 0 saturated heterocycles. The lowest BCUT2D eigenvalue weighted by Gasteiger charge is -2.19. The summed E-state index contributed by atoms with van der Waals surface area (Å²) < 4.78 is 33.0. The van der Waals surface area contributed by atoms with Crippen molar-refractivity contribution in [2.45, 2.75) is 25.7 Å². The van der Waals surface area contributed by atoms with Crippen LogP contribution in [0.3, 0.4) is 0 Å². The number of nitrogens with one attached hydrogen (secondary N) is 1. The number of anilines is 1. The summed E-state index contributed by atoms with van der Waals surface area (Å²) in [5.74, 6) is 0.809. The van der Waals surface area contributed by atoms with Crippen LogP contribution in [0.25, 0.3) is 0 Å². The van der Waals surface area contributed by atoms with Gasteiger partial charge in [0.05, 0.1) is 11.5 Å². The highest BCUT2D eigenvalue weighted by Gasteiger charge is 2.17. The van der Waals surface area contributed by atoms with Gasteiger partial charge < -0.3 is 9.64 Å². The minimum absolute atomic E-state index is 0.125. The maximum atomic E-state index is 12.6. The summed E-state index contributed by atoms with van der Waals surface area (Å²) in [5.41, 5.74) is 0.776. The van der Waals surface area contributed by atoms with Crippen LogP contribution in [0.4, 0.5) is 5.69 Å². The largest absolute Gasteiger partial charge is 0.494 e. The second-order valence-electron chi connectivity index (χ2n) is 6.67. The van der Waals surface area contributed by atoms with Gasteiger partial charge in [-0.2, -0.15) is 0 Å². The van der Waals surface area contributed by atoms with E-state index in [-0.39, 0.29) is 10.8 Å². The van der Waals surface area contributed by atoms with Gasteiger partial charge in [-0.05, 0) is 55.3 Å². The molecule has 0 aromatic heterocycles. The second-order valence-corrected chi connectivity index (χ2v) is 8.35. The lowest BCUT2D eigenvalue weighted by molar-refractivity contribution is 0.0779. The minimum atomic E-state index is -3.76. The number of ether oxygens (including phenoxy) is 1. The lowest BCUT2D eigenvalue weighted by atomic mass is 10.1. The zero-order valence-corrected chi connectivity index (χ0v) is 16.9. The van der Waals surface area contributed by atoms with E-state index >= 15 is 0 Å². The Hall–Kier alpha value is -2.54. The van der Waals surface area contributed by atoms with E-state index in [2.05, 4.69) is 4.72 Å². The Labute approximate surface area is 161 Å². The third-order valence-electron chi connectivity index (χ3n) is 3.79. The van der Waals surface area contributed by atoms with Crippen molar-refractivity contribution in [1.82, 2.24) is 4.90 Å². The molecule has 2 rings (SSSR count). The molecule has 0 aliphatic carbocycles. The summed E-state index contributed by atoms with van der Waals surface area (Å²) in [6.45, 7) is 7.06. The molecule has 6 nitrogen and oxygen atoms in total. The number of hydrogen-bond acceptors (Lipinski definition) is 4. The Kier molecular flexibility index (Phi) is 6.85. The van der Waals surface area contributed by atoms with Gasteiger partial charge in [-0.1, -0.05) is 19.9 Å².